The molecule has 2 N–H and O–H groups in total. The predicted octanol–water partition coefficient (Wildman–Crippen LogP) is 2.91. The fraction of sp³-hybridized carbons (Fsp3) is 0.316. The molecule has 0 radical (unpaired) electrons. The molecule has 2 heterocycles. The number of benzene rings is 1. The molecular weight excluding hydrogens is 356 g/mol. The van der Waals surface area contributed by atoms with E-state index in [2.05, 4.69) is 10.3 Å². The first kappa shape index (κ1) is 18.4. The third kappa shape index (κ3) is 4.03. The highest BCUT2D eigenvalue weighted by atomic mass is 35.5. The Labute approximate surface area is 156 Å². The summed E-state index contributed by atoms with van der Waals surface area (Å²) < 4.78 is 5.49. The maximum atomic E-state index is 12.4. The van der Waals surface area contributed by atoms with E-state index in [4.69, 9.17) is 21.4 Å². The second-order valence-electron chi connectivity index (χ2n) is 6.32. The number of hydrogen-bond acceptors (Lipinski definition) is 4. The molecule has 1 aromatic carbocycles. The van der Waals surface area contributed by atoms with Crippen molar-refractivity contribution in [1.82, 2.24) is 10.3 Å². The maximum absolute atomic E-state index is 12.4. The topological polar surface area (TPSA) is 88.5 Å². The van der Waals surface area contributed by atoms with Gasteiger partial charge in [0.1, 0.15) is 5.69 Å². The van der Waals surface area contributed by atoms with Gasteiger partial charge in [-0.2, -0.15) is 0 Å². The third-order valence-electron chi connectivity index (χ3n) is 4.74. The van der Waals surface area contributed by atoms with Crippen LogP contribution in [0.2, 0.25) is 5.02 Å². The summed E-state index contributed by atoms with van der Waals surface area (Å²) in [6.07, 6.45) is 2.87. The molecule has 0 unspecified atom stereocenters. The Bertz CT molecular complexity index is 784. The Kier molecular flexibility index (Phi) is 5.54. The first-order valence-electron chi connectivity index (χ1n) is 8.31. The normalized spacial score (nSPS) is 16.0. The number of carbonyl (C=O) groups is 2. The van der Waals surface area contributed by atoms with Crippen molar-refractivity contribution in [2.45, 2.75) is 18.3 Å². The number of nitrogens with zero attached hydrogens (tertiary/aromatic N) is 1. The number of pyridine rings is 1. The molecular formula is C19H19ClN2O4. The van der Waals surface area contributed by atoms with E-state index >= 15 is 0 Å². The molecule has 1 fully saturated rings. The standard InChI is InChI=1S/C19H19ClN2O4/c20-15-4-2-14(3-5-15)19(7-9-26-10-8-19)12-22-17(23)13-1-6-16(18(24)25)21-11-13/h1-6,11H,7-10,12H2,(H,22,23)(H,24,25). The molecule has 1 amide bonds. The molecule has 2 aromatic rings. The van der Waals surface area contributed by atoms with Crippen LogP contribution in [0.15, 0.2) is 42.6 Å². The quantitative estimate of drug-likeness (QED) is 0.840. The molecule has 1 aromatic heterocycles. The van der Waals surface area contributed by atoms with Gasteiger partial charge in [-0.1, -0.05) is 23.7 Å². The number of ether oxygens (including phenoxy) is 1. The zero-order valence-corrected chi connectivity index (χ0v) is 14.8. The Morgan fingerprint density at radius 1 is 1.15 bits per heavy atom. The molecule has 6 nitrogen and oxygen atoms in total. The summed E-state index contributed by atoms with van der Waals surface area (Å²) in [5, 5.41) is 12.5. The van der Waals surface area contributed by atoms with Crippen LogP contribution in [0.5, 0.6) is 0 Å². The van der Waals surface area contributed by atoms with Gasteiger partial charge in [0.2, 0.25) is 0 Å². The second kappa shape index (κ2) is 7.85. The Balaban J connectivity index is 1.74. The van der Waals surface area contributed by atoms with Gasteiger partial charge in [0.15, 0.2) is 0 Å². The molecule has 3 rings (SSSR count). The van der Waals surface area contributed by atoms with Gasteiger partial charge >= 0.3 is 5.97 Å². The minimum Gasteiger partial charge on any atom is -0.477 e. The largest absolute Gasteiger partial charge is 0.477 e. The van der Waals surface area contributed by atoms with Crippen LogP contribution in [-0.2, 0) is 10.2 Å². The Morgan fingerprint density at radius 2 is 1.85 bits per heavy atom. The van der Waals surface area contributed by atoms with Crippen LogP contribution in [0.4, 0.5) is 0 Å². The fourth-order valence-electron chi connectivity index (χ4n) is 3.14. The molecule has 7 heteroatoms. The van der Waals surface area contributed by atoms with E-state index in [1.165, 1.54) is 18.3 Å². The molecule has 0 aliphatic carbocycles. The summed E-state index contributed by atoms with van der Waals surface area (Å²) in [5.74, 6) is -1.41. The van der Waals surface area contributed by atoms with E-state index in [0.717, 1.165) is 18.4 Å². The number of carbonyl (C=O) groups excluding carboxylic acids is 1. The second-order valence-corrected chi connectivity index (χ2v) is 6.76. The van der Waals surface area contributed by atoms with Gasteiger partial charge in [-0.3, -0.25) is 4.79 Å². The van der Waals surface area contributed by atoms with Crippen LogP contribution < -0.4 is 5.32 Å². The van der Waals surface area contributed by atoms with E-state index in [1.807, 2.05) is 24.3 Å². The van der Waals surface area contributed by atoms with Gasteiger partial charge in [-0.25, -0.2) is 9.78 Å². The highest BCUT2D eigenvalue weighted by Gasteiger charge is 2.35. The molecule has 1 aliphatic rings. The lowest BCUT2D eigenvalue weighted by Gasteiger charge is -2.38. The van der Waals surface area contributed by atoms with Crippen molar-refractivity contribution < 1.29 is 19.4 Å². The fourth-order valence-corrected chi connectivity index (χ4v) is 3.27. The van der Waals surface area contributed by atoms with Gasteiger partial charge in [-0.15, -0.1) is 0 Å². The summed E-state index contributed by atoms with van der Waals surface area (Å²) in [7, 11) is 0. The Hall–Kier alpha value is -2.44. The first-order valence-corrected chi connectivity index (χ1v) is 8.69. The third-order valence-corrected chi connectivity index (χ3v) is 4.99. The van der Waals surface area contributed by atoms with Crippen molar-refractivity contribution in [3.63, 3.8) is 0 Å². The van der Waals surface area contributed by atoms with Crippen LogP contribution in [0.25, 0.3) is 0 Å². The SMILES string of the molecule is O=C(NCC1(c2ccc(Cl)cc2)CCOCC1)c1ccc(C(=O)O)nc1. The lowest BCUT2D eigenvalue weighted by molar-refractivity contribution is 0.0487. The number of rotatable bonds is 5. The average Bonchev–Trinajstić information content (AvgIpc) is 2.67. The highest BCUT2D eigenvalue weighted by molar-refractivity contribution is 6.30. The number of carboxylic acids is 1. The summed E-state index contributed by atoms with van der Waals surface area (Å²) in [6.45, 7) is 1.72. The van der Waals surface area contributed by atoms with Crippen molar-refractivity contribution in [3.8, 4) is 0 Å². The van der Waals surface area contributed by atoms with Crippen LogP contribution in [0, 0.1) is 0 Å². The summed E-state index contributed by atoms with van der Waals surface area (Å²) >= 11 is 6.00. The van der Waals surface area contributed by atoms with E-state index in [9.17, 15) is 9.59 Å². The zero-order valence-electron chi connectivity index (χ0n) is 14.1. The van der Waals surface area contributed by atoms with Crippen molar-refractivity contribution in [3.05, 3.63) is 64.4 Å². The Morgan fingerprint density at radius 3 is 2.42 bits per heavy atom. The van der Waals surface area contributed by atoms with E-state index in [-0.39, 0.29) is 17.0 Å². The summed E-state index contributed by atoms with van der Waals surface area (Å²) in [4.78, 5) is 27.1. The van der Waals surface area contributed by atoms with Crippen molar-refractivity contribution in [2.24, 2.45) is 0 Å². The molecule has 136 valence electrons. The molecule has 0 spiro atoms. The number of carboxylic acid groups (broad SMARTS) is 1. The van der Waals surface area contributed by atoms with Crippen LogP contribution in [0.3, 0.4) is 0 Å². The smallest absolute Gasteiger partial charge is 0.354 e. The maximum Gasteiger partial charge on any atom is 0.354 e. The number of aromatic nitrogens is 1. The van der Waals surface area contributed by atoms with E-state index < -0.39 is 5.97 Å². The van der Waals surface area contributed by atoms with Gasteiger partial charge in [0.25, 0.3) is 5.91 Å². The van der Waals surface area contributed by atoms with Gasteiger partial charge in [-0.05, 0) is 42.7 Å². The van der Waals surface area contributed by atoms with Crippen LogP contribution >= 0.6 is 11.6 Å². The van der Waals surface area contributed by atoms with Crippen molar-refractivity contribution in [1.29, 1.82) is 0 Å². The molecule has 0 saturated carbocycles. The number of hydrogen-bond donors (Lipinski definition) is 2. The van der Waals surface area contributed by atoms with Crippen molar-refractivity contribution >= 4 is 23.5 Å². The molecule has 0 atom stereocenters. The molecule has 1 saturated heterocycles. The monoisotopic (exact) mass is 374 g/mol. The number of nitrogens with one attached hydrogen (secondary N) is 1. The average molecular weight is 375 g/mol. The lowest BCUT2D eigenvalue weighted by Crippen LogP contribution is -2.44. The van der Waals surface area contributed by atoms with Crippen LogP contribution in [-0.4, -0.2) is 41.7 Å². The van der Waals surface area contributed by atoms with Crippen molar-refractivity contribution in [2.75, 3.05) is 19.8 Å². The predicted molar refractivity (Wildman–Crippen MR) is 96.7 cm³/mol. The number of amides is 1. The van der Waals surface area contributed by atoms with Gasteiger partial charge < -0.3 is 15.2 Å². The number of aromatic carboxylic acids is 1. The molecule has 1 aliphatic heterocycles. The minimum atomic E-state index is -1.12. The summed E-state index contributed by atoms with van der Waals surface area (Å²) in [6, 6.07) is 10.5. The first-order chi connectivity index (χ1) is 12.5. The van der Waals surface area contributed by atoms with E-state index in [1.54, 1.807) is 0 Å². The lowest BCUT2D eigenvalue weighted by atomic mass is 9.74. The highest BCUT2D eigenvalue weighted by Crippen LogP contribution is 2.35. The van der Waals surface area contributed by atoms with Gasteiger partial charge in [0.05, 0.1) is 5.56 Å². The molecule has 26 heavy (non-hydrogen) atoms. The zero-order chi connectivity index (χ0) is 18.6. The van der Waals surface area contributed by atoms with Gasteiger partial charge in [0, 0.05) is 36.4 Å². The minimum absolute atomic E-state index is 0.0939. The van der Waals surface area contributed by atoms with Crippen LogP contribution in [0.1, 0.15) is 39.3 Å². The molecule has 0 bridgehead atoms. The number of halogens is 1. The summed E-state index contributed by atoms with van der Waals surface area (Å²) in [5.41, 5.74) is 1.13. The van der Waals surface area contributed by atoms with E-state index in [0.29, 0.717) is 30.3 Å².